The van der Waals surface area contributed by atoms with Crippen LogP contribution in [-0.4, -0.2) is 29.4 Å². The largest absolute Gasteiger partial charge is 0.338 e. The summed E-state index contributed by atoms with van der Waals surface area (Å²) in [5, 5.41) is 0. The third-order valence-electron chi connectivity index (χ3n) is 3.91. The standard InChI is InChI=1S/C16H24N2O/c1-12-6-5-7-14(10-12)11-16(19)18-9-4-3-8-15(18)13(2)17/h5-7,10,13,15H,3-4,8-9,11,17H2,1-2H3. The molecule has 104 valence electrons. The molecule has 1 fully saturated rings. The fraction of sp³-hybridized carbons (Fsp3) is 0.562. The summed E-state index contributed by atoms with van der Waals surface area (Å²) < 4.78 is 0. The Morgan fingerprint density at radius 1 is 1.47 bits per heavy atom. The topological polar surface area (TPSA) is 46.3 Å². The quantitative estimate of drug-likeness (QED) is 0.906. The summed E-state index contributed by atoms with van der Waals surface area (Å²) in [6.07, 6.45) is 3.81. The number of nitrogens with two attached hydrogens (primary N) is 1. The van der Waals surface area contributed by atoms with E-state index < -0.39 is 0 Å². The molecule has 0 bridgehead atoms. The Labute approximate surface area is 115 Å². The number of carbonyl (C=O) groups is 1. The third-order valence-corrected chi connectivity index (χ3v) is 3.91. The molecule has 1 saturated heterocycles. The zero-order chi connectivity index (χ0) is 13.8. The van der Waals surface area contributed by atoms with Gasteiger partial charge in [0.05, 0.1) is 6.42 Å². The molecule has 0 radical (unpaired) electrons. The number of carbonyl (C=O) groups excluding carboxylic acids is 1. The van der Waals surface area contributed by atoms with Crippen molar-refractivity contribution in [1.82, 2.24) is 4.90 Å². The van der Waals surface area contributed by atoms with Crippen molar-refractivity contribution in [3.05, 3.63) is 35.4 Å². The molecule has 3 nitrogen and oxygen atoms in total. The summed E-state index contributed by atoms with van der Waals surface area (Å²) in [4.78, 5) is 14.5. The first-order valence-electron chi connectivity index (χ1n) is 7.18. The van der Waals surface area contributed by atoms with E-state index in [2.05, 4.69) is 19.1 Å². The number of aryl methyl sites for hydroxylation is 1. The summed E-state index contributed by atoms with van der Waals surface area (Å²) in [6.45, 7) is 4.92. The second-order valence-corrected chi connectivity index (χ2v) is 5.68. The van der Waals surface area contributed by atoms with Gasteiger partial charge in [-0.3, -0.25) is 4.79 Å². The van der Waals surface area contributed by atoms with Crippen LogP contribution in [0.5, 0.6) is 0 Å². The van der Waals surface area contributed by atoms with E-state index in [0.717, 1.165) is 24.9 Å². The Morgan fingerprint density at radius 3 is 2.95 bits per heavy atom. The molecule has 1 aliphatic rings. The van der Waals surface area contributed by atoms with E-state index in [0.29, 0.717) is 6.42 Å². The van der Waals surface area contributed by atoms with E-state index >= 15 is 0 Å². The lowest BCUT2D eigenvalue weighted by Crippen LogP contribution is -2.52. The summed E-state index contributed by atoms with van der Waals surface area (Å²) in [5.41, 5.74) is 8.32. The highest BCUT2D eigenvalue weighted by molar-refractivity contribution is 5.79. The number of hydrogen-bond acceptors (Lipinski definition) is 2. The number of hydrogen-bond donors (Lipinski definition) is 1. The molecule has 2 unspecified atom stereocenters. The van der Waals surface area contributed by atoms with Gasteiger partial charge in [0.2, 0.25) is 5.91 Å². The van der Waals surface area contributed by atoms with Crippen LogP contribution in [0, 0.1) is 6.92 Å². The molecule has 0 aromatic heterocycles. The van der Waals surface area contributed by atoms with Gasteiger partial charge in [-0.15, -0.1) is 0 Å². The molecular weight excluding hydrogens is 236 g/mol. The van der Waals surface area contributed by atoms with Crippen molar-refractivity contribution in [1.29, 1.82) is 0 Å². The lowest BCUT2D eigenvalue weighted by molar-refractivity contribution is -0.134. The average molecular weight is 260 g/mol. The van der Waals surface area contributed by atoms with Crippen molar-refractivity contribution in [2.75, 3.05) is 6.54 Å². The molecule has 0 aliphatic carbocycles. The van der Waals surface area contributed by atoms with Gasteiger partial charge in [0.1, 0.15) is 0 Å². The molecule has 1 aliphatic heterocycles. The molecule has 2 N–H and O–H groups in total. The predicted octanol–water partition coefficient (Wildman–Crippen LogP) is 2.27. The van der Waals surface area contributed by atoms with Crippen LogP contribution >= 0.6 is 0 Å². The van der Waals surface area contributed by atoms with E-state index in [1.165, 1.54) is 12.0 Å². The summed E-state index contributed by atoms with van der Waals surface area (Å²) in [5.74, 6) is 0.215. The Balaban J connectivity index is 2.05. The molecule has 1 amide bonds. The van der Waals surface area contributed by atoms with Gasteiger partial charge < -0.3 is 10.6 Å². The smallest absolute Gasteiger partial charge is 0.227 e. The van der Waals surface area contributed by atoms with Gasteiger partial charge in [-0.05, 0) is 38.7 Å². The molecule has 2 rings (SSSR count). The maximum absolute atomic E-state index is 12.5. The van der Waals surface area contributed by atoms with E-state index in [1.807, 2.05) is 24.0 Å². The third kappa shape index (κ3) is 3.57. The maximum atomic E-state index is 12.5. The van der Waals surface area contributed by atoms with Gasteiger partial charge in [-0.25, -0.2) is 0 Å². The second kappa shape index (κ2) is 6.20. The second-order valence-electron chi connectivity index (χ2n) is 5.68. The molecule has 1 aromatic rings. The van der Waals surface area contributed by atoms with Crippen LogP contribution in [0.3, 0.4) is 0 Å². The van der Waals surface area contributed by atoms with Crippen LogP contribution in [0.4, 0.5) is 0 Å². The van der Waals surface area contributed by atoms with Crippen LogP contribution in [-0.2, 0) is 11.2 Å². The van der Waals surface area contributed by atoms with Gasteiger partial charge in [-0.1, -0.05) is 29.8 Å². The van der Waals surface area contributed by atoms with Crippen LogP contribution in [0.25, 0.3) is 0 Å². The Morgan fingerprint density at radius 2 is 2.26 bits per heavy atom. The Bertz CT molecular complexity index is 442. The minimum atomic E-state index is 0.0572. The lowest BCUT2D eigenvalue weighted by atomic mass is 9.96. The maximum Gasteiger partial charge on any atom is 0.227 e. The van der Waals surface area contributed by atoms with Crippen molar-refractivity contribution in [2.24, 2.45) is 5.73 Å². The lowest BCUT2D eigenvalue weighted by Gasteiger charge is -2.38. The first-order chi connectivity index (χ1) is 9.08. The monoisotopic (exact) mass is 260 g/mol. The van der Waals surface area contributed by atoms with Gasteiger partial charge >= 0.3 is 0 Å². The van der Waals surface area contributed by atoms with Crippen molar-refractivity contribution in [3.63, 3.8) is 0 Å². The van der Waals surface area contributed by atoms with E-state index in [4.69, 9.17) is 5.73 Å². The summed E-state index contributed by atoms with van der Waals surface area (Å²) >= 11 is 0. The summed E-state index contributed by atoms with van der Waals surface area (Å²) in [6, 6.07) is 8.45. The highest BCUT2D eigenvalue weighted by Crippen LogP contribution is 2.20. The molecule has 1 heterocycles. The molecule has 2 atom stereocenters. The first kappa shape index (κ1) is 14.1. The van der Waals surface area contributed by atoms with E-state index in [-0.39, 0.29) is 18.0 Å². The van der Waals surface area contributed by atoms with Gasteiger partial charge in [0.15, 0.2) is 0 Å². The number of likely N-dealkylation sites (tertiary alicyclic amines) is 1. The van der Waals surface area contributed by atoms with Crippen LogP contribution in [0.2, 0.25) is 0 Å². The fourth-order valence-electron chi connectivity index (χ4n) is 2.91. The van der Waals surface area contributed by atoms with Crippen molar-refractivity contribution < 1.29 is 4.79 Å². The van der Waals surface area contributed by atoms with Crippen molar-refractivity contribution in [3.8, 4) is 0 Å². The zero-order valence-corrected chi connectivity index (χ0v) is 11.9. The number of rotatable bonds is 3. The number of amides is 1. The molecule has 0 spiro atoms. The van der Waals surface area contributed by atoms with Crippen LogP contribution in [0.15, 0.2) is 24.3 Å². The Hall–Kier alpha value is -1.35. The van der Waals surface area contributed by atoms with Crippen LogP contribution < -0.4 is 5.73 Å². The minimum absolute atomic E-state index is 0.0572. The molecule has 1 aromatic carbocycles. The van der Waals surface area contributed by atoms with Gasteiger partial charge in [0, 0.05) is 18.6 Å². The molecular formula is C16H24N2O. The number of nitrogens with zero attached hydrogens (tertiary/aromatic N) is 1. The average Bonchev–Trinajstić information content (AvgIpc) is 2.38. The van der Waals surface area contributed by atoms with Crippen molar-refractivity contribution >= 4 is 5.91 Å². The normalized spacial score (nSPS) is 21.2. The number of piperidine rings is 1. The van der Waals surface area contributed by atoms with Crippen LogP contribution in [0.1, 0.15) is 37.3 Å². The minimum Gasteiger partial charge on any atom is -0.338 e. The SMILES string of the molecule is Cc1cccc(CC(=O)N2CCCCC2C(C)N)c1. The van der Waals surface area contributed by atoms with Gasteiger partial charge in [-0.2, -0.15) is 0 Å². The molecule has 3 heteroatoms. The predicted molar refractivity (Wildman–Crippen MR) is 77.9 cm³/mol. The van der Waals surface area contributed by atoms with E-state index in [1.54, 1.807) is 0 Å². The van der Waals surface area contributed by atoms with Gasteiger partial charge in [0.25, 0.3) is 0 Å². The Kier molecular flexibility index (Phi) is 4.59. The number of benzene rings is 1. The first-order valence-corrected chi connectivity index (χ1v) is 7.18. The fourth-order valence-corrected chi connectivity index (χ4v) is 2.91. The molecule has 0 saturated carbocycles. The zero-order valence-electron chi connectivity index (χ0n) is 11.9. The highest BCUT2D eigenvalue weighted by atomic mass is 16.2. The molecule has 19 heavy (non-hydrogen) atoms. The summed E-state index contributed by atoms with van der Waals surface area (Å²) in [7, 11) is 0. The van der Waals surface area contributed by atoms with E-state index in [9.17, 15) is 4.79 Å². The van der Waals surface area contributed by atoms with Crippen molar-refractivity contribution in [2.45, 2.75) is 51.6 Å². The highest BCUT2D eigenvalue weighted by Gasteiger charge is 2.28.